The van der Waals surface area contributed by atoms with Crippen LogP contribution in [0.25, 0.3) is 0 Å². The fourth-order valence-corrected chi connectivity index (χ4v) is 11.4. The van der Waals surface area contributed by atoms with Crippen molar-refractivity contribution in [2.45, 2.75) is 125 Å². The molecule has 0 radical (unpaired) electrons. The lowest BCUT2D eigenvalue weighted by molar-refractivity contribution is -0.259. The van der Waals surface area contributed by atoms with Crippen LogP contribution in [-0.2, 0) is 9.53 Å². The third kappa shape index (κ3) is 3.98. The molecule has 5 rings (SSSR count). The van der Waals surface area contributed by atoms with Crippen LogP contribution < -0.4 is 0 Å². The summed E-state index contributed by atoms with van der Waals surface area (Å²) in [5.41, 5.74) is -1.12. The quantitative estimate of drug-likeness (QED) is 0.185. The second-order valence-electron chi connectivity index (χ2n) is 16.5. The van der Waals surface area contributed by atoms with Gasteiger partial charge >= 0.3 is 5.97 Å². The van der Waals surface area contributed by atoms with E-state index in [0.717, 1.165) is 25.7 Å². The van der Waals surface area contributed by atoms with Crippen molar-refractivity contribution in [1.82, 2.24) is 0 Å². The standard InChI is InChI=1S/C35H56O7/c1-9-20(2)29(41)42-19-32(6)23-12-15-33(7)24(31(23,5)14-13-25(32)37)11-10-21-22-16-30(3,4)27(39)28(40)35(22,18-36)26(38)17-34(21,33)8/h9-10,22-28,36-40H,11-19H2,1-8H3/b20-9+/t22-,23?,24-,25+,26-,27+,28+,31+,32?,33-,34-,35+/m1/s1. The highest BCUT2D eigenvalue weighted by Crippen LogP contribution is 2.75. The topological polar surface area (TPSA) is 127 Å². The van der Waals surface area contributed by atoms with E-state index in [-0.39, 0.29) is 47.3 Å². The molecule has 0 aromatic heterocycles. The highest BCUT2D eigenvalue weighted by atomic mass is 16.5. The SMILES string of the molecule is C/C=C(\C)C(=O)OCC1(C)C2CC[C@]3(C)[C@H](CC=C4[C@H]5CC(C)(C)[C@@H](O)[C@H](O)[C@]5(CO)[C@H](O)C[C@]43C)[C@@]2(C)CC[C@@H]1O. The van der Waals surface area contributed by atoms with Crippen LogP contribution in [0.3, 0.4) is 0 Å². The first kappa shape index (κ1) is 32.2. The van der Waals surface area contributed by atoms with Gasteiger partial charge in [0.2, 0.25) is 0 Å². The Labute approximate surface area is 252 Å². The summed E-state index contributed by atoms with van der Waals surface area (Å²) in [7, 11) is 0. The molecule has 0 aromatic rings. The fraction of sp³-hybridized carbons (Fsp3) is 0.857. The number of aliphatic hydroxyl groups is 5. The molecule has 5 aliphatic carbocycles. The van der Waals surface area contributed by atoms with Gasteiger partial charge in [-0.1, -0.05) is 59.3 Å². The first-order valence-corrected chi connectivity index (χ1v) is 16.2. The molecule has 0 bridgehead atoms. The van der Waals surface area contributed by atoms with Crippen molar-refractivity contribution >= 4 is 5.97 Å². The van der Waals surface area contributed by atoms with Crippen LogP contribution in [-0.4, -0.2) is 69.1 Å². The Morgan fingerprint density at radius 2 is 1.62 bits per heavy atom. The van der Waals surface area contributed by atoms with Crippen molar-refractivity contribution in [3.05, 3.63) is 23.3 Å². The number of carbonyl (C=O) groups is 1. The van der Waals surface area contributed by atoms with Gasteiger partial charge < -0.3 is 30.3 Å². The second-order valence-corrected chi connectivity index (χ2v) is 16.5. The van der Waals surface area contributed by atoms with Crippen molar-refractivity contribution in [2.75, 3.05) is 13.2 Å². The van der Waals surface area contributed by atoms with E-state index in [4.69, 9.17) is 4.74 Å². The lowest BCUT2D eigenvalue weighted by Crippen LogP contribution is -2.71. The van der Waals surface area contributed by atoms with Crippen LogP contribution >= 0.6 is 0 Å². The molecule has 7 heteroatoms. The molecule has 7 nitrogen and oxygen atoms in total. The molecule has 0 saturated heterocycles. The molecule has 0 aromatic carbocycles. The van der Waals surface area contributed by atoms with Gasteiger partial charge in [-0.15, -0.1) is 0 Å². The highest BCUT2D eigenvalue weighted by molar-refractivity contribution is 5.87. The average molecular weight is 589 g/mol. The van der Waals surface area contributed by atoms with Crippen molar-refractivity contribution < 1.29 is 35.1 Å². The van der Waals surface area contributed by atoms with Gasteiger partial charge in [-0.25, -0.2) is 4.79 Å². The number of hydrogen-bond acceptors (Lipinski definition) is 7. The van der Waals surface area contributed by atoms with E-state index in [0.29, 0.717) is 30.8 Å². The molecule has 0 heterocycles. The Hall–Kier alpha value is -1.25. The predicted molar refractivity (Wildman–Crippen MR) is 161 cm³/mol. The molecule has 4 saturated carbocycles. The van der Waals surface area contributed by atoms with Crippen molar-refractivity contribution in [1.29, 1.82) is 0 Å². The van der Waals surface area contributed by atoms with Gasteiger partial charge in [-0.05, 0) is 98.2 Å². The first-order chi connectivity index (χ1) is 19.4. The minimum absolute atomic E-state index is 0.105. The predicted octanol–water partition coefficient (Wildman–Crippen LogP) is 4.54. The summed E-state index contributed by atoms with van der Waals surface area (Å²) in [4.78, 5) is 12.6. The average Bonchev–Trinajstić information content (AvgIpc) is 2.93. The van der Waals surface area contributed by atoms with Gasteiger partial charge in [0.1, 0.15) is 0 Å². The molecule has 5 N–H and O–H groups in total. The zero-order chi connectivity index (χ0) is 31.3. The molecular weight excluding hydrogens is 532 g/mol. The molecule has 0 amide bonds. The van der Waals surface area contributed by atoms with E-state index < -0.39 is 40.7 Å². The number of hydrogen-bond donors (Lipinski definition) is 5. The largest absolute Gasteiger partial charge is 0.462 e. The molecule has 12 atom stereocenters. The summed E-state index contributed by atoms with van der Waals surface area (Å²) >= 11 is 0. The van der Waals surface area contributed by atoms with Gasteiger partial charge in [0.05, 0.1) is 43.0 Å². The fourth-order valence-electron chi connectivity index (χ4n) is 11.4. The van der Waals surface area contributed by atoms with E-state index in [1.54, 1.807) is 13.0 Å². The number of rotatable bonds is 4. The zero-order valence-electron chi connectivity index (χ0n) is 27.1. The third-order valence-electron chi connectivity index (χ3n) is 14.5. The Kier molecular flexibility index (Phi) is 7.76. The number of fused-ring (bicyclic) bond motifs is 7. The van der Waals surface area contributed by atoms with E-state index >= 15 is 0 Å². The number of aliphatic hydroxyl groups excluding tert-OH is 5. The third-order valence-corrected chi connectivity index (χ3v) is 14.5. The zero-order valence-corrected chi connectivity index (χ0v) is 27.1. The number of carbonyl (C=O) groups excluding carboxylic acids is 1. The summed E-state index contributed by atoms with van der Waals surface area (Å²) in [6, 6.07) is 0. The maximum absolute atomic E-state index is 12.6. The number of esters is 1. The Bertz CT molecular complexity index is 1160. The van der Waals surface area contributed by atoms with Gasteiger partial charge in [0, 0.05) is 11.0 Å². The molecule has 4 fully saturated rings. The van der Waals surface area contributed by atoms with Gasteiger partial charge in [0.25, 0.3) is 0 Å². The smallest absolute Gasteiger partial charge is 0.333 e. The van der Waals surface area contributed by atoms with Gasteiger partial charge in [-0.3, -0.25) is 0 Å². The summed E-state index contributed by atoms with van der Waals surface area (Å²) in [5, 5.41) is 56.6. The highest BCUT2D eigenvalue weighted by Gasteiger charge is 2.72. The summed E-state index contributed by atoms with van der Waals surface area (Å²) in [6.07, 6.45) is 5.57. The summed E-state index contributed by atoms with van der Waals surface area (Å²) in [6.45, 7) is 16.5. The monoisotopic (exact) mass is 588 g/mol. The van der Waals surface area contributed by atoms with Crippen LogP contribution in [0.5, 0.6) is 0 Å². The van der Waals surface area contributed by atoms with Crippen LogP contribution in [0, 0.1) is 50.2 Å². The van der Waals surface area contributed by atoms with E-state index in [9.17, 15) is 30.3 Å². The molecule has 2 unspecified atom stereocenters. The second kappa shape index (κ2) is 10.1. The number of allylic oxidation sites excluding steroid dienone is 3. The van der Waals surface area contributed by atoms with Crippen LogP contribution in [0.4, 0.5) is 0 Å². The van der Waals surface area contributed by atoms with Crippen molar-refractivity contribution in [3.63, 3.8) is 0 Å². The lowest BCUT2D eigenvalue weighted by atomic mass is 9.33. The first-order valence-electron chi connectivity index (χ1n) is 16.2. The normalized spacial score (nSPS) is 51.8. The Morgan fingerprint density at radius 1 is 0.952 bits per heavy atom. The minimum Gasteiger partial charge on any atom is -0.462 e. The van der Waals surface area contributed by atoms with Gasteiger partial charge in [-0.2, -0.15) is 0 Å². The molecule has 0 spiro atoms. The molecule has 5 aliphatic rings. The van der Waals surface area contributed by atoms with E-state index in [1.807, 2.05) is 20.8 Å². The number of ether oxygens (including phenoxy) is 1. The molecule has 42 heavy (non-hydrogen) atoms. The lowest BCUT2D eigenvalue weighted by Gasteiger charge is -2.72. The summed E-state index contributed by atoms with van der Waals surface area (Å²) in [5.74, 6) is -0.110. The van der Waals surface area contributed by atoms with Crippen LogP contribution in [0.15, 0.2) is 23.3 Å². The molecular formula is C35H56O7. The van der Waals surface area contributed by atoms with E-state index in [1.165, 1.54) is 5.57 Å². The Balaban J connectivity index is 1.55. The Morgan fingerprint density at radius 3 is 2.24 bits per heavy atom. The maximum Gasteiger partial charge on any atom is 0.333 e. The van der Waals surface area contributed by atoms with Crippen LogP contribution in [0.2, 0.25) is 0 Å². The molecule has 0 aliphatic heterocycles. The minimum atomic E-state index is -1.22. The van der Waals surface area contributed by atoms with Crippen LogP contribution in [0.1, 0.15) is 100 Å². The van der Waals surface area contributed by atoms with Crippen molar-refractivity contribution in [2.24, 2.45) is 50.2 Å². The maximum atomic E-state index is 12.6. The van der Waals surface area contributed by atoms with Crippen molar-refractivity contribution in [3.8, 4) is 0 Å². The molecule has 238 valence electrons. The summed E-state index contributed by atoms with van der Waals surface area (Å²) < 4.78 is 5.82. The van der Waals surface area contributed by atoms with Gasteiger partial charge in [0.15, 0.2) is 0 Å². The van der Waals surface area contributed by atoms with E-state index in [2.05, 4.69) is 33.8 Å².